The van der Waals surface area contributed by atoms with Crippen molar-refractivity contribution in [3.8, 4) is 5.75 Å². The average Bonchev–Trinajstić information content (AvgIpc) is 3.73. The maximum atomic E-state index is 13.7. The first-order valence-electron chi connectivity index (χ1n) is 13.5. The summed E-state index contributed by atoms with van der Waals surface area (Å²) in [6, 6.07) is 12.3. The Kier molecular flexibility index (Phi) is 8.82. The third-order valence-electron chi connectivity index (χ3n) is 7.28. The van der Waals surface area contributed by atoms with Gasteiger partial charge in [-0.3, -0.25) is 4.79 Å². The van der Waals surface area contributed by atoms with E-state index in [1.807, 2.05) is 0 Å². The van der Waals surface area contributed by atoms with E-state index in [1.54, 1.807) is 40.8 Å². The molecule has 0 unspecified atom stereocenters. The van der Waals surface area contributed by atoms with Gasteiger partial charge in [-0.15, -0.1) is 0 Å². The van der Waals surface area contributed by atoms with E-state index in [-0.39, 0.29) is 35.6 Å². The lowest BCUT2D eigenvalue weighted by Crippen LogP contribution is -2.37. The van der Waals surface area contributed by atoms with Gasteiger partial charge in [0.2, 0.25) is 15.0 Å². The lowest BCUT2D eigenvalue weighted by molar-refractivity contribution is 0.0496. The van der Waals surface area contributed by atoms with Gasteiger partial charge in [-0.25, -0.2) is 17.8 Å². The van der Waals surface area contributed by atoms with Crippen LogP contribution in [0.25, 0.3) is 0 Å². The van der Waals surface area contributed by atoms with Gasteiger partial charge in [-0.2, -0.15) is 0 Å². The third-order valence-corrected chi connectivity index (χ3v) is 8.88. The van der Waals surface area contributed by atoms with Gasteiger partial charge in [0.25, 0.3) is 5.91 Å². The molecule has 2 saturated heterocycles. The smallest absolute Gasteiger partial charge is 0.254 e. The quantitative estimate of drug-likeness (QED) is 0.343. The number of carbonyl (C=O) groups is 1. The molecule has 2 aliphatic rings. The molecule has 214 valence electrons. The highest BCUT2D eigenvalue weighted by Crippen LogP contribution is 2.24. The number of carbonyl (C=O) groups excluding carboxylic acids is 1. The zero-order valence-electron chi connectivity index (χ0n) is 22.5. The minimum Gasteiger partial charge on any atom is -0.497 e. The van der Waals surface area contributed by atoms with E-state index in [4.69, 9.17) is 14.2 Å². The second kappa shape index (κ2) is 12.5. The summed E-state index contributed by atoms with van der Waals surface area (Å²) in [7, 11) is -2.32. The van der Waals surface area contributed by atoms with Crippen LogP contribution in [-0.2, 0) is 38.2 Å². The van der Waals surface area contributed by atoms with Crippen LogP contribution < -0.4 is 4.74 Å². The van der Waals surface area contributed by atoms with Gasteiger partial charge in [0.1, 0.15) is 11.6 Å². The predicted octanol–water partition coefficient (Wildman–Crippen LogP) is 4.01. The molecule has 0 bridgehead atoms. The number of hydrogen-bond acceptors (Lipinski definition) is 7. The van der Waals surface area contributed by atoms with Crippen LogP contribution in [0.1, 0.15) is 47.3 Å². The number of imidazole rings is 1. The highest BCUT2D eigenvalue weighted by molar-refractivity contribution is 7.90. The van der Waals surface area contributed by atoms with Crippen molar-refractivity contribution in [1.29, 1.82) is 0 Å². The fourth-order valence-electron chi connectivity index (χ4n) is 5.18. The first kappa shape index (κ1) is 28.3. The Balaban J connectivity index is 1.46. The van der Waals surface area contributed by atoms with Crippen molar-refractivity contribution in [2.24, 2.45) is 0 Å². The number of hydrogen-bond donors (Lipinski definition) is 0. The molecule has 2 aliphatic heterocycles. The van der Waals surface area contributed by atoms with Crippen LogP contribution in [-0.4, -0.2) is 67.9 Å². The number of methoxy groups -OCH3 is 1. The van der Waals surface area contributed by atoms with Gasteiger partial charge in [-0.05, 0) is 67.6 Å². The number of sulfone groups is 1. The Hall–Kier alpha value is -3.28. The third kappa shape index (κ3) is 6.71. The summed E-state index contributed by atoms with van der Waals surface area (Å²) in [4.78, 5) is 19.7. The normalized spacial score (nSPS) is 19.1. The molecule has 40 heavy (non-hydrogen) atoms. The summed E-state index contributed by atoms with van der Waals surface area (Å²) < 4.78 is 59.1. The number of aromatic nitrogens is 2. The molecule has 2 fully saturated rings. The van der Waals surface area contributed by atoms with E-state index in [0.717, 1.165) is 25.7 Å². The summed E-state index contributed by atoms with van der Waals surface area (Å²) in [5.74, 6) is -0.303. The van der Waals surface area contributed by atoms with Gasteiger partial charge >= 0.3 is 0 Å². The van der Waals surface area contributed by atoms with E-state index < -0.39 is 15.7 Å². The van der Waals surface area contributed by atoms with Crippen LogP contribution in [0.2, 0.25) is 0 Å². The van der Waals surface area contributed by atoms with Crippen molar-refractivity contribution >= 4 is 15.7 Å². The molecule has 1 amide bonds. The fraction of sp³-hybridized carbons (Fsp3) is 0.448. The second-order valence-electron chi connectivity index (χ2n) is 10.2. The van der Waals surface area contributed by atoms with Crippen LogP contribution in [0, 0.1) is 5.82 Å². The molecule has 0 aliphatic carbocycles. The zero-order valence-corrected chi connectivity index (χ0v) is 23.3. The molecule has 0 N–H and O–H groups in total. The fourth-order valence-corrected chi connectivity index (χ4v) is 6.68. The maximum absolute atomic E-state index is 13.7. The van der Waals surface area contributed by atoms with E-state index in [0.29, 0.717) is 48.9 Å². The Morgan fingerprint density at radius 2 is 1.73 bits per heavy atom. The number of nitrogens with zero attached hydrogens (tertiary/aromatic N) is 3. The average molecular weight is 572 g/mol. The Morgan fingerprint density at radius 3 is 2.35 bits per heavy atom. The minimum atomic E-state index is -3.88. The van der Waals surface area contributed by atoms with Crippen molar-refractivity contribution in [1.82, 2.24) is 14.5 Å². The molecular formula is C29H34FN3O6S. The van der Waals surface area contributed by atoms with Crippen molar-refractivity contribution in [3.63, 3.8) is 0 Å². The largest absolute Gasteiger partial charge is 0.497 e. The first-order valence-corrected chi connectivity index (χ1v) is 15.2. The Labute approximate surface area is 233 Å². The van der Waals surface area contributed by atoms with Crippen LogP contribution in [0.15, 0.2) is 59.9 Å². The number of rotatable bonds is 11. The minimum absolute atomic E-state index is 0.0868. The van der Waals surface area contributed by atoms with Crippen molar-refractivity contribution in [2.75, 3.05) is 26.9 Å². The lowest BCUT2D eigenvalue weighted by atomic mass is 10.1. The van der Waals surface area contributed by atoms with Gasteiger partial charge < -0.3 is 23.7 Å². The maximum Gasteiger partial charge on any atom is 0.254 e. The summed E-state index contributed by atoms with van der Waals surface area (Å²) in [5.41, 5.74) is 1.55. The number of halogens is 1. The Morgan fingerprint density at radius 1 is 1.05 bits per heavy atom. The molecule has 3 heterocycles. The highest BCUT2D eigenvalue weighted by Gasteiger charge is 2.30. The highest BCUT2D eigenvalue weighted by atomic mass is 32.2. The molecule has 0 radical (unpaired) electrons. The topological polar surface area (TPSA) is 100.0 Å². The van der Waals surface area contributed by atoms with Crippen molar-refractivity contribution < 1.29 is 31.8 Å². The molecular weight excluding hydrogens is 537 g/mol. The van der Waals surface area contributed by atoms with Crippen LogP contribution in [0.5, 0.6) is 5.75 Å². The van der Waals surface area contributed by atoms with Crippen LogP contribution in [0.4, 0.5) is 4.39 Å². The number of amides is 1. The summed E-state index contributed by atoms with van der Waals surface area (Å²) in [6.07, 6.45) is 4.75. The monoisotopic (exact) mass is 571 g/mol. The summed E-state index contributed by atoms with van der Waals surface area (Å²) in [6.45, 7) is 2.09. The molecule has 9 nitrogen and oxygen atoms in total. The zero-order chi connectivity index (χ0) is 28.1. The molecule has 0 saturated carbocycles. The van der Waals surface area contributed by atoms with E-state index in [2.05, 4.69) is 4.98 Å². The van der Waals surface area contributed by atoms with E-state index in [1.165, 1.54) is 30.5 Å². The van der Waals surface area contributed by atoms with Crippen LogP contribution in [0.3, 0.4) is 0 Å². The van der Waals surface area contributed by atoms with E-state index in [9.17, 15) is 17.6 Å². The predicted molar refractivity (Wildman–Crippen MR) is 145 cm³/mol. The van der Waals surface area contributed by atoms with E-state index >= 15 is 0 Å². The van der Waals surface area contributed by atoms with Gasteiger partial charge in [-0.1, -0.05) is 12.1 Å². The summed E-state index contributed by atoms with van der Waals surface area (Å²) >= 11 is 0. The lowest BCUT2D eigenvalue weighted by Gasteiger charge is -2.27. The molecule has 2 atom stereocenters. The molecule has 3 aromatic rings. The number of ether oxygens (including phenoxy) is 3. The molecule has 1 aromatic heterocycles. The standard InChI is InChI=1S/C29H34FN3O6S/c1-37-25-12-8-22(9-13-25)28(34)32(18-26-4-2-14-38-26)17-24-16-31-29(33(24)19-27-5-3-15-39-27)40(35,36)20-21-6-10-23(30)11-7-21/h6-13,16,26-27H,2-5,14-15,17-20H2,1H3/t26-,27+/m0/s1. The first-order chi connectivity index (χ1) is 19.3. The second-order valence-corrected chi connectivity index (χ2v) is 12.1. The van der Waals surface area contributed by atoms with Crippen molar-refractivity contribution in [2.45, 2.75) is 61.9 Å². The number of benzene rings is 2. The SMILES string of the molecule is COc1ccc(C(=O)N(Cc2cnc(S(=O)(=O)Cc3ccc(F)cc3)n2C[C@H]2CCCO2)C[C@@H]2CCCO2)cc1. The van der Waals surface area contributed by atoms with Crippen molar-refractivity contribution in [3.05, 3.63) is 77.4 Å². The van der Waals surface area contributed by atoms with Gasteiger partial charge in [0, 0.05) is 25.3 Å². The van der Waals surface area contributed by atoms with Gasteiger partial charge in [0.15, 0.2) is 0 Å². The summed E-state index contributed by atoms with van der Waals surface area (Å²) in [5, 5.41) is -0.0868. The molecule has 11 heteroatoms. The Bertz CT molecular complexity index is 1400. The van der Waals surface area contributed by atoms with Crippen LogP contribution >= 0.6 is 0 Å². The molecule has 0 spiro atoms. The molecule has 2 aromatic carbocycles. The molecule has 5 rings (SSSR count). The van der Waals surface area contributed by atoms with Gasteiger partial charge in [0.05, 0.1) is 50.1 Å².